The summed E-state index contributed by atoms with van der Waals surface area (Å²) in [4.78, 5) is 10.6. The first-order chi connectivity index (χ1) is 30.1. The Labute approximate surface area is 375 Å². The van der Waals surface area contributed by atoms with E-state index in [1.165, 1.54) is 75.4 Å². The van der Waals surface area contributed by atoms with Gasteiger partial charge in [-0.3, -0.25) is 0 Å². The van der Waals surface area contributed by atoms with Crippen molar-refractivity contribution in [3.63, 3.8) is 0 Å². The van der Waals surface area contributed by atoms with E-state index in [9.17, 15) is 0 Å². The molecule has 2 aliphatic rings. The molecule has 7 aromatic carbocycles. The second-order valence-corrected chi connectivity index (χ2v) is 21.0. The van der Waals surface area contributed by atoms with E-state index in [0.717, 1.165) is 28.1 Å². The van der Waals surface area contributed by atoms with Crippen LogP contribution >= 0.6 is 11.3 Å². The Kier molecular flexibility index (Phi) is 8.50. The summed E-state index contributed by atoms with van der Waals surface area (Å²) in [7, 11) is 0. The molecule has 0 saturated heterocycles. The molecule has 0 saturated carbocycles. The molecule has 2 aliphatic carbocycles. The van der Waals surface area contributed by atoms with Gasteiger partial charge in [-0.05, 0) is 99.0 Å². The van der Waals surface area contributed by atoms with E-state index in [1.807, 2.05) is 29.5 Å². The van der Waals surface area contributed by atoms with Crippen molar-refractivity contribution in [2.24, 2.45) is 15.4 Å². The van der Waals surface area contributed by atoms with Gasteiger partial charge in [0, 0.05) is 64.4 Å². The first-order valence-corrected chi connectivity index (χ1v) is 23.1. The molecule has 0 unspecified atom stereocenters. The van der Waals surface area contributed by atoms with Crippen LogP contribution in [0.15, 0.2) is 162 Å². The summed E-state index contributed by atoms with van der Waals surface area (Å²) in [5.41, 5.74) is 16.3. The van der Waals surface area contributed by atoms with Crippen molar-refractivity contribution < 1.29 is 0 Å². The lowest BCUT2D eigenvalue weighted by molar-refractivity contribution is 0.125. The Bertz CT molecular complexity index is 3470. The maximum Gasteiger partial charge on any atom is 0.160 e. The number of amidine groups is 1. The largest absolute Gasteiger partial charge is 0.309 e. The normalized spacial score (nSPS) is 17.1. The van der Waals surface area contributed by atoms with E-state index in [1.54, 1.807) is 0 Å². The summed E-state index contributed by atoms with van der Waals surface area (Å²) in [6.07, 6.45) is 0. The molecule has 310 valence electrons. The summed E-state index contributed by atoms with van der Waals surface area (Å²) in [6.45, 7) is 26.1. The fourth-order valence-corrected chi connectivity index (χ4v) is 12.3. The topological polar surface area (TPSA) is 29.6 Å². The molecule has 0 N–H and O–H groups in total. The predicted molar refractivity (Wildman–Crippen MR) is 272 cm³/mol. The van der Waals surface area contributed by atoms with Crippen LogP contribution in [0.4, 0.5) is 0 Å². The highest BCUT2D eigenvalue weighted by Gasteiger charge is 2.57. The maximum absolute atomic E-state index is 5.30. The van der Waals surface area contributed by atoms with E-state index in [0.29, 0.717) is 11.5 Å². The third-order valence-corrected chi connectivity index (χ3v) is 17.1. The highest BCUT2D eigenvalue weighted by atomic mass is 32.1. The molecule has 2 aromatic heterocycles. The van der Waals surface area contributed by atoms with Gasteiger partial charge in [-0.15, -0.1) is 11.3 Å². The van der Waals surface area contributed by atoms with Crippen molar-refractivity contribution in [1.82, 2.24) is 4.57 Å². The van der Waals surface area contributed by atoms with Crippen LogP contribution in [-0.4, -0.2) is 16.1 Å². The third-order valence-electron chi connectivity index (χ3n) is 15.9. The minimum Gasteiger partial charge on any atom is -0.309 e. The number of thiophene rings is 1. The van der Waals surface area contributed by atoms with E-state index >= 15 is 0 Å². The maximum atomic E-state index is 5.30. The van der Waals surface area contributed by atoms with Crippen LogP contribution < -0.4 is 0 Å². The van der Waals surface area contributed by atoms with Gasteiger partial charge in [-0.1, -0.05) is 165 Å². The van der Waals surface area contributed by atoms with E-state index in [2.05, 4.69) is 201 Å². The van der Waals surface area contributed by atoms with Crippen LogP contribution in [0, 0.1) is 5.41 Å². The molecule has 11 rings (SSSR count). The molecule has 2 heterocycles. The number of fused-ring (bicyclic) bond motifs is 10. The lowest BCUT2D eigenvalue weighted by Crippen LogP contribution is -2.42. The number of nitrogens with zero attached hydrogens (tertiary/aromatic N) is 3. The number of aromatic nitrogens is 1. The van der Waals surface area contributed by atoms with Gasteiger partial charge in [0.15, 0.2) is 5.84 Å². The monoisotopic (exact) mass is 835 g/mol. The first kappa shape index (κ1) is 39.5. The summed E-state index contributed by atoms with van der Waals surface area (Å²) >= 11 is 1.82. The van der Waals surface area contributed by atoms with Gasteiger partial charge < -0.3 is 4.57 Å². The number of hydrogen-bond acceptors (Lipinski definition) is 2. The van der Waals surface area contributed by atoms with Gasteiger partial charge in [0.2, 0.25) is 0 Å². The van der Waals surface area contributed by atoms with Crippen LogP contribution in [0.3, 0.4) is 0 Å². The minimum absolute atomic E-state index is 0.0168. The molecule has 0 spiro atoms. The fraction of sp³-hybridized carbons (Fsp3) is 0.220. The second-order valence-electron chi connectivity index (χ2n) is 20.0. The van der Waals surface area contributed by atoms with Crippen molar-refractivity contribution in [1.29, 1.82) is 0 Å². The van der Waals surface area contributed by atoms with Crippen LogP contribution in [0.1, 0.15) is 101 Å². The smallest absolute Gasteiger partial charge is 0.160 e. The molecule has 0 bridgehead atoms. The van der Waals surface area contributed by atoms with Crippen LogP contribution in [0.2, 0.25) is 0 Å². The number of benzene rings is 7. The predicted octanol–water partition coefficient (Wildman–Crippen LogP) is 16.0. The standard InChI is InChI=1S/C59H53N3S/c1-35(60-55(37-20-12-11-13-21-37)61-36(2)40-26-19-27-43-42-25-15-17-29-53(42)63-54(40)43)38-22-18-23-39(30-38)62-51-33-48-44(41-24-14-16-28-47(41)56(48,3)4)31-45(51)46-32-49-50(34-52(46)62)58(7,8)59(9,10)57(49,5)6/h11-34H,1H2,2-10H3/b60-55-,61-36+. The Hall–Kier alpha value is -6.36. The van der Waals surface area contributed by atoms with Gasteiger partial charge in [0.1, 0.15) is 0 Å². The molecule has 0 atom stereocenters. The number of rotatable bonds is 5. The average Bonchev–Trinajstić information content (AvgIpc) is 3.92. The number of hydrogen-bond donors (Lipinski definition) is 0. The van der Waals surface area contributed by atoms with Gasteiger partial charge in [-0.2, -0.15) is 0 Å². The quantitative estimate of drug-likeness (QED) is 0.122. The van der Waals surface area contributed by atoms with E-state index in [-0.39, 0.29) is 21.7 Å². The van der Waals surface area contributed by atoms with Crippen molar-refractivity contribution in [3.8, 4) is 16.8 Å². The lowest BCUT2D eigenvalue weighted by Gasteiger charge is -2.44. The highest BCUT2D eigenvalue weighted by Crippen LogP contribution is 2.62. The molecule has 4 heteroatoms. The summed E-state index contributed by atoms with van der Waals surface area (Å²) in [5.74, 6) is 0.638. The van der Waals surface area contributed by atoms with Gasteiger partial charge in [-0.25, -0.2) is 9.98 Å². The molecule has 9 aromatic rings. The van der Waals surface area contributed by atoms with E-state index < -0.39 is 0 Å². The Morgan fingerprint density at radius 3 is 1.92 bits per heavy atom. The van der Waals surface area contributed by atoms with E-state index in [4.69, 9.17) is 9.98 Å². The van der Waals surface area contributed by atoms with Crippen LogP contribution in [-0.2, 0) is 16.2 Å². The SMILES string of the molecule is C=C(/N=C(\N=C(/C)c1cccc2c1sc1ccccc12)c1ccccc1)c1cccc(-n2c3cc4c(cc3c3cc5c(cc32)C(C)(C)C(C)(C)C5(C)C)-c2ccccc2C4(C)C)c1. The zero-order chi connectivity index (χ0) is 43.8. The van der Waals surface area contributed by atoms with Crippen LogP contribution in [0.25, 0.3) is 64.5 Å². The molecule has 0 aliphatic heterocycles. The van der Waals surface area contributed by atoms with Crippen molar-refractivity contribution in [2.75, 3.05) is 0 Å². The Morgan fingerprint density at radius 1 is 0.524 bits per heavy atom. The lowest BCUT2D eigenvalue weighted by atomic mass is 9.59. The first-order valence-electron chi connectivity index (χ1n) is 22.3. The summed E-state index contributed by atoms with van der Waals surface area (Å²) in [6, 6.07) is 53.2. The van der Waals surface area contributed by atoms with Gasteiger partial charge in [0.05, 0.1) is 16.7 Å². The summed E-state index contributed by atoms with van der Waals surface area (Å²) in [5, 5.41) is 5.11. The van der Waals surface area contributed by atoms with Crippen LogP contribution in [0.5, 0.6) is 0 Å². The molecule has 0 radical (unpaired) electrons. The number of aliphatic imine (C=N–C) groups is 2. The van der Waals surface area contributed by atoms with Crippen molar-refractivity contribution in [2.45, 2.75) is 78.6 Å². The zero-order valence-corrected chi connectivity index (χ0v) is 38.6. The van der Waals surface area contributed by atoms with Crippen molar-refractivity contribution >= 4 is 70.6 Å². The minimum atomic E-state index is -0.128. The van der Waals surface area contributed by atoms with Gasteiger partial charge in [0.25, 0.3) is 0 Å². The molecule has 0 fully saturated rings. The molecular formula is C59H53N3S. The van der Waals surface area contributed by atoms with Gasteiger partial charge >= 0.3 is 0 Å². The zero-order valence-electron chi connectivity index (χ0n) is 37.8. The molecular weight excluding hydrogens is 783 g/mol. The third kappa shape index (κ3) is 5.56. The average molecular weight is 836 g/mol. The second kappa shape index (κ2) is 13.6. The highest BCUT2D eigenvalue weighted by molar-refractivity contribution is 7.26. The molecule has 3 nitrogen and oxygen atoms in total. The Balaban J connectivity index is 1.09. The molecule has 0 amide bonds. The van der Waals surface area contributed by atoms with Crippen molar-refractivity contribution in [3.05, 3.63) is 191 Å². The summed E-state index contributed by atoms with van der Waals surface area (Å²) < 4.78 is 5.02. The fourth-order valence-electron chi connectivity index (χ4n) is 11.0. The Morgan fingerprint density at radius 2 is 1.14 bits per heavy atom. The molecule has 63 heavy (non-hydrogen) atoms.